The lowest BCUT2D eigenvalue weighted by atomic mass is 10.3. The lowest BCUT2D eigenvalue weighted by Gasteiger charge is -2.34. The molecule has 1 saturated heterocycles. The fourth-order valence-electron chi connectivity index (χ4n) is 2.87. The highest BCUT2D eigenvalue weighted by atomic mass is 35.5. The number of benzene rings is 1. The van der Waals surface area contributed by atoms with Gasteiger partial charge in [0.2, 0.25) is 5.91 Å². The van der Waals surface area contributed by atoms with E-state index >= 15 is 0 Å². The van der Waals surface area contributed by atoms with Gasteiger partial charge in [0.1, 0.15) is 11.9 Å². The van der Waals surface area contributed by atoms with Crippen LogP contribution >= 0.6 is 11.6 Å². The van der Waals surface area contributed by atoms with Crippen LogP contribution in [0.15, 0.2) is 29.3 Å². The smallest absolute Gasteiger partial charge is 0.219 e. The predicted octanol–water partition coefficient (Wildman–Crippen LogP) is 1.44. The van der Waals surface area contributed by atoms with Crippen molar-refractivity contribution < 1.29 is 9.53 Å². The van der Waals surface area contributed by atoms with Gasteiger partial charge in [-0.25, -0.2) is 0 Å². The molecule has 150 valence electrons. The van der Waals surface area contributed by atoms with Gasteiger partial charge in [0.05, 0.1) is 6.54 Å². The van der Waals surface area contributed by atoms with E-state index in [-0.39, 0.29) is 12.0 Å². The number of halogens is 1. The van der Waals surface area contributed by atoms with Gasteiger partial charge in [0, 0.05) is 58.3 Å². The lowest BCUT2D eigenvalue weighted by Crippen LogP contribution is -2.50. The monoisotopic (exact) mass is 395 g/mol. The van der Waals surface area contributed by atoms with Crippen molar-refractivity contribution in [2.75, 3.05) is 52.9 Å². The molecule has 1 aromatic rings. The normalized spacial score (nSPS) is 16.7. The van der Waals surface area contributed by atoms with Crippen molar-refractivity contribution in [3.8, 4) is 5.75 Å². The average Bonchev–Trinajstić information content (AvgIpc) is 2.66. The summed E-state index contributed by atoms with van der Waals surface area (Å²) >= 11 is 5.88. The molecule has 27 heavy (non-hydrogen) atoms. The second-order valence-electron chi connectivity index (χ2n) is 6.61. The minimum Gasteiger partial charge on any atom is -0.489 e. The Balaban J connectivity index is 1.62. The van der Waals surface area contributed by atoms with E-state index in [1.54, 1.807) is 14.0 Å². The molecule has 1 aliphatic heterocycles. The third-order valence-corrected chi connectivity index (χ3v) is 4.72. The number of ether oxygens (including phenoxy) is 1. The Labute approximate surface area is 166 Å². The van der Waals surface area contributed by atoms with Gasteiger partial charge in [-0.1, -0.05) is 11.6 Å². The minimum atomic E-state index is -0.00983. The Morgan fingerprint density at radius 2 is 1.89 bits per heavy atom. The zero-order valence-corrected chi connectivity index (χ0v) is 17.1. The summed E-state index contributed by atoms with van der Waals surface area (Å²) in [5.41, 5.74) is 0. The topological polar surface area (TPSA) is 69.2 Å². The number of carbonyl (C=O) groups excluding carboxylic acids is 1. The van der Waals surface area contributed by atoms with Crippen molar-refractivity contribution in [1.82, 2.24) is 20.4 Å². The third kappa shape index (κ3) is 7.64. The number of amides is 1. The van der Waals surface area contributed by atoms with Gasteiger partial charge >= 0.3 is 0 Å². The van der Waals surface area contributed by atoms with E-state index in [4.69, 9.17) is 16.3 Å². The standard InChI is InChI=1S/C19H30ClN5O2/c1-15(27-18-6-4-17(20)5-7-18)14-23-19(21-3)22-8-9-24-10-12-25(13-11-24)16(2)26/h4-7,15H,8-14H2,1-3H3,(H2,21,22,23). The van der Waals surface area contributed by atoms with Crippen molar-refractivity contribution in [2.24, 2.45) is 4.99 Å². The first-order valence-electron chi connectivity index (χ1n) is 9.32. The molecule has 1 fully saturated rings. The van der Waals surface area contributed by atoms with Crippen LogP contribution in [0, 0.1) is 0 Å². The molecule has 2 N–H and O–H groups in total. The van der Waals surface area contributed by atoms with Crippen molar-refractivity contribution in [1.29, 1.82) is 0 Å². The molecule has 0 aromatic heterocycles. The van der Waals surface area contributed by atoms with E-state index in [2.05, 4.69) is 20.5 Å². The van der Waals surface area contributed by atoms with Crippen LogP contribution < -0.4 is 15.4 Å². The second-order valence-corrected chi connectivity index (χ2v) is 7.05. The summed E-state index contributed by atoms with van der Waals surface area (Å²) in [6.45, 7) is 9.44. The van der Waals surface area contributed by atoms with Crippen LogP contribution in [-0.2, 0) is 4.79 Å². The number of hydrogen-bond donors (Lipinski definition) is 2. The molecule has 1 aromatic carbocycles. The SMILES string of the molecule is CN=C(NCCN1CCN(C(C)=O)CC1)NCC(C)Oc1ccc(Cl)cc1. The Morgan fingerprint density at radius 1 is 1.22 bits per heavy atom. The summed E-state index contributed by atoms with van der Waals surface area (Å²) in [5.74, 6) is 1.71. The molecule has 7 nitrogen and oxygen atoms in total. The van der Waals surface area contributed by atoms with Gasteiger partial charge in [0.15, 0.2) is 5.96 Å². The number of guanidine groups is 1. The summed E-state index contributed by atoms with van der Waals surface area (Å²) in [6, 6.07) is 7.34. The number of carbonyl (C=O) groups is 1. The molecule has 1 unspecified atom stereocenters. The molecule has 1 atom stereocenters. The van der Waals surface area contributed by atoms with E-state index in [1.807, 2.05) is 36.1 Å². The van der Waals surface area contributed by atoms with Gasteiger partial charge in [-0.3, -0.25) is 14.7 Å². The van der Waals surface area contributed by atoms with Crippen molar-refractivity contribution >= 4 is 23.5 Å². The highest BCUT2D eigenvalue weighted by Crippen LogP contribution is 2.16. The van der Waals surface area contributed by atoms with E-state index < -0.39 is 0 Å². The molecular formula is C19H30ClN5O2. The van der Waals surface area contributed by atoms with E-state index in [0.29, 0.717) is 11.6 Å². The highest BCUT2D eigenvalue weighted by Gasteiger charge is 2.18. The van der Waals surface area contributed by atoms with Gasteiger partial charge in [-0.05, 0) is 31.2 Å². The van der Waals surface area contributed by atoms with E-state index in [9.17, 15) is 4.79 Å². The molecule has 0 bridgehead atoms. The fraction of sp³-hybridized carbons (Fsp3) is 0.579. The Bertz CT molecular complexity index is 615. The van der Waals surface area contributed by atoms with Crippen molar-refractivity contribution in [2.45, 2.75) is 20.0 Å². The van der Waals surface area contributed by atoms with Gasteiger partial charge in [-0.15, -0.1) is 0 Å². The fourth-order valence-corrected chi connectivity index (χ4v) is 2.99. The van der Waals surface area contributed by atoms with Gasteiger partial charge in [-0.2, -0.15) is 0 Å². The second kappa shape index (κ2) is 11.0. The average molecular weight is 396 g/mol. The van der Waals surface area contributed by atoms with E-state index in [1.165, 1.54) is 0 Å². The molecule has 0 saturated carbocycles. The minimum absolute atomic E-state index is 0.00983. The number of rotatable bonds is 7. The zero-order chi connectivity index (χ0) is 19.6. The van der Waals surface area contributed by atoms with Crippen LogP contribution in [0.25, 0.3) is 0 Å². The zero-order valence-electron chi connectivity index (χ0n) is 16.4. The number of nitrogens with one attached hydrogen (secondary N) is 2. The maximum absolute atomic E-state index is 11.4. The quantitative estimate of drug-likeness (QED) is 0.540. The van der Waals surface area contributed by atoms with Crippen LogP contribution in [0.5, 0.6) is 5.75 Å². The first kappa shape index (κ1) is 21.3. The Kier molecular flexibility index (Phi) is 8.67. The summed E-state index contributed by atoms with van der Waals surface area (Å²) in [4.78, 5) is 19.9. The Morgan fingerprint density at radius 3 is 2.48 bits per heavy atom. The summed E-state index contributed by atoms with van der Waals surface area (Å²) in [5, 5.41) is 7.29. The van der Waals surface area contributed by atoms with Crippen LogP contribution in [0.1, 0.15) is 13.8 Å². The molecule has 0 spiro atoms. The third-order valence-electron chi connectivity index (χ3n) is 4.47. The van der Waals surface area contributed by atoms with E-state index in [0.717, 1.165) is 51.0 Å². The molecule has 8 heteroatoms. The van der Waals surface area contributed by atoms with Crippen molar-refractivity contribution in [3.05, 3.63) is 29.3 Å². The summed E-state index contributed by atoms with van der Waals surface area (Å²) in [7, 11) is 1.76. The lowest BCUT2D eigenvalue weighted by molar-refractivity contribution is -0.130. The van der Waals surface area contributed by atoms with Crippen LogP contribution in [0.2, 0.25) is 5.02 Å². The highest BCUT2D eigenvalue weighted by molar-refractivity contribution is 6.30. The molecule has 2 rings (SSSR count). The molecule has 1 amide bonds. The number of nitrogens with zero attached hydrogens (tertiary/aromatic N) is 3. The summed E-state index contributed by atoms with van der Waals surface area (Å²) < 4.78 is 5.85. The number of piperazine rings is 1. The first-order chi connectivity index (χ1) is 13.0. The molecular weight excluding hydrogens is 366 g/mol. The van der Waals surface area contributed by atoms with Gasteiger partial charge in [0.25, 0.3) is 0 Å². The number of hydrogen-bond acceptors (Lipinski definition) is 4. The molecule has 0 radical (unpaired) electrons. The van der Waals surface area contributed by atoms with Crippen LogP contribution in [0.3, 0.4) is 0 Å². The maximum atomic E-state index is 11.4. The Hall–Kier alpha value is -1.99. The van der Waals surface area contributed by atoms with Gasteiger partial charge < -0.3 is 20.3 Å². The van der Waals surface area contributed by atoms with Crippen LogP contribution in [0.4, 0.5) is 0 Å². The molecule has 1 heterocycles. The molecule has 0 aliphatic carbocycles. The largest absolute Gasteiger partial charge is 0.489 e. The van der Waals surface area contributed by atoms with Crippen molar-refractivity contribution in [3.63, 3.8) is 0 Å². The first-order valence-corrected chi connectivity index (χ1v) is 9.70. The maximum Gasteiger partial charge on any atom is 0.219 e. The summed E-state index contributed by atoms with van der Waals surface area (Å²) in [6.07, 6.45) is -0.00983. The predicted molar refractivity (Wildman–Crippen MR) is 110 cm³/mol. The molecule has 1 aliphatic rings. The number of aliphatic imine (C=N–C) groups is 1. The van der Waals surface area contributed by atoms with Crippen LogP contribution in [-0.4, -0.2) is 80.6 Å².